The maximum absolute atomic E-state index is 14.4. The third kappa shape index (κ3) is 3.89. The molecule has 2 aliphatic heterocycles. The van der Waals surface area contributed by atoms with E-state index in [0.29, 0.717) is 44.8 Å². The maximum Gasteiger partial charge on any atom is 0.317 e. The summed E-state index contributed by atoms with van der Waals surface area (Å²) in [6.07, 6.45) is 2.67. The first kappa shape index (κ1) is 18.5. The summed E-state index contributed by atoms with van der Waals surface area (Å²) in [5, 5.41) is 2.83. The summed E-state index contributed by atoms with van der Waals surface area (Å²) in [5.74, 6) is -0.544. The molecule has 1 saturated carbocycles. The zero-order valence-electron chi connectivity index (χ0n) is 15.1. The fourth-order valence-corrected chi connectivity index (χ4v) is 5.28. The lowest BCUT2D eigenvalue weighted by Crippen LogP contribution is -2.43. The van der Waals surface area contributed by atoms with Gasteiger partial charge in [0.1, 0.15) is 5.82 Å². The molecule has 4 rings (SSSR count). The summed E-state index contributed by atoms with van der Waals surface area (Å²) in [4.78, 5) is 14.2. The van der Waals surface area contributed by atoms with Crippen LogP contribution in [0.2, 0.25) is 0 Å². The van der Waals surface area contributed by atoms with Crippen molar-refractivity contribution in [2.75, 3.05) is 42.9 Å². The quantitative estimate of drug-likeness (QED) is 0.842. The van der Waals surface area contributed by atoms with Crippen LogP contribution >= 0.6 is 0 Å². The zero-order valence-corrected chi connectivity index (χ0v) is 15.9. The molecule has 2 amide bonds. The number of anilines is 1. The van der Waals surface area contributed by atoms with Crippen LogP contribution in [0, 0.1) is 11.2 Å². The number of carbonyl (C=O) groups is 1. The summed E-state index contributed by atoms with van der Waals surface area (Å²) >= 11 is 0. The van der Waals surface area contributed by atoms with Crippen LogP contribution in [0.5, 0.6) is 0 Å². The Hall–Kier alpha value is -1.87. The van der Waals surface area contributed by atoms with Crippen molar-refractivity contribution in [1.82, 2.24) is 10.2 Å². The second kappa shape index (κ2) is 6.94. The van der Waals surface area contributed by atoms with Gasteiger partial charge in [-0.25, -0.2) is 17.6 Å². The molecule has 27 heavy (non-hydrogen) atoms. The molecule has 1 aromatic carbocycles. The van der Waals surface area contributed by atoms with Crippen molar-refractivity contribution in [2.45, 2.75) is 25.8 Å². The fourth-order valence-electron chi connectivity index (χ4n) is 3.71. The molecule has 0 aromatic heterocycles. The molecule has 9 heteroatoms. The topological polar surface area (TPSA) is 79.0 Å². The number of benzene rings is 1. The number of ether oxygens (including phenoxy) is 1. The normalized spacial score (nSPS) is 23.3. The minimum atomic E-state index is -3.42. The second-order valence-corrected chi connectivity index (χ2v) is 9.67. The Kier molecular flexibility index (Phi) is 4.75. The molecule has 3 fully saturated rings. The molecule has 3 aliphatic rings. The molecule has 148 valence electrons. The van der Waals surface area contributed by atoms with E-state index in [1.54, 1.807) is 11.0 Å². The van der Waals surface area contributed by atoms with Crippen LogP contribution in [0.15, 0.2) is 18.2 Å². The van der Waals surface area contributed by atoms with Crippen molar-refractivity contribution < 1.29 is 22.3 Å². The van der Waals surface area contributed by atoms with Crippen molar-refractivity contribution >= 4 is 21.7 Å². The highest BCUT2D eigenvalue weighted by molar-refractivity contribution is 7.93. The van der Waals surface area contributed by atoms with E-state index in [1.165, 1.54) is 12.1 Å². The van der Waals surface area contributed by atoms with E-state index in [-0.39, 0.29) is 29.4 Å². The van der Waals surface area contributed by atoms with Gasteiger partial charge in [0.05, 0.1) is 24.7 Å². The number of hydrogen-bond acceptors (Lipinski definition) is 4. The van der Waals surface area contributed by atoms with E-state index >= 15 is 0 Å². The zero-order chi connectivity index (χ0) is 19.1. The molecular formula is C18H24FN3O4S. The minimum Gasteiger partial charge on any atom is -0.379 e. The predicted molar refractivity (Wildman–Crippen MR) is 98.4 cm³/mol. The summed E-state index contributed by atoms with van der Waals surface area (Å²) < 4.78 is 45.1. The number of urea groups is 1. The highest BCUT2D eigenvalue weighted by Crippen LogP contribution is 2.47. The molecule has 2 saturated heterocycles. The number of halogens is 1. The SMILES string of the molecule is O=C(NCc1ccc(N2CCCS2(=O)=O)c(F)c1)N1CCOCC2(CC2)C1. The van der Waals surface area contributed by atoms with Gasteiger partial charge in [0.25, 0.3) is 0 Å². The van der Waals surface area contributed by atoms with Crippen molar-refractivity contribution in [3.05, 3.63) is 29.6 Å². The van der Waals surface area contributed by atoms with E-state index in [2.05, 4.69) is 5.32 Å². The number of amides is 2. The van der Waals surface area contributed by atoms with Crippen LogP contribution in [0.1, 0.15) is 24.8 Å². The van der Waals surface area contributed by atoms with Crippen molar-refractivity contribution in [2.24, 2.45) is 5.41 Å². The summed E-state index contributed by atoms with van der Waals surface area (Å²) in [6.45, 7) is 2.97. The lowest BCUT2D eigenvalue weighted by atomic mass is 10.1. The Morgan fingerprint density at radius 3 is 2.78 bits per heavy atom. The number of rotatable bonds is 3. The molecule has 1 spiro atoms. The lowest BCUT2D eigenvalue weighted by molar-refractivity contribution is 0.115. The maximum atomic E-state index is 14.4. The Morgan fingerprint density at radius 2 is 2.11 bits per heavy atom. The van der Waals surface area contributed by atoms with Gasteiger partial charge in [0, 0.05) is 31.6 Å². The van der Waals surface area contributed by atoms with Crippen LogP contribution in [-0.4, -0.2) is 57.9 Å². The second-order valence-electron chi connectivity index (χ2n) is 7.66. The molecule has 2 heterocycles. The first-order valence-electron chi connectivity index (χ1n) is 9.28. The highest BCUT2D eigenvalue weighted by atomic mass is 32.2. The average Bonchev–Trinajstić information content (AvgIpc) is 3.36. The van der Waals surface area contributed by atoms with Gasteiger partial charge in [-0.1, -0.05) is 6.07 Å². The van der Waals surface area contributed by atoms with Gasteiger partial charge >= 0.3 is 6.03 Å². The number of sulfonamides is 1. The van der Waals surface area contributed by atoms with Crippen molar-refractivity contribution in [3.8, 4) is 0 Å². The van der Waals surface area contributed by atoms with E-state index < -0.39 is 15.8 Å². The largest absolute Gasteiger partial charge is 0.379 e. The molecule has 1 aliphatic carbocycles. The monoisotopic (exact) mass is 397 g/mol. The van der Waals surface area contributed by atoms with E-state index in [1.807, 2.05) is 0 Å². The standard InChI is InChI=1S/C18H24FN3O4S/c19-15-10-14(2-3-16(15)22-6-1-9-27(22,24)25)11-20-17(23)21-7-8-26-13-18(12-21)4-5-18/h2-3,10H,1,4-9,11-13H2,(H,20,23). The van der Waals surface area contributed by atoms with Crippen molar-refractivity contribution in [3.63, 3.8) is 0 Å². The van der Waals surface area contributed by atoms with Gasteiger partial charge in [0.15, 0.2) is 0 Å². The van der Waals surface area contributed by atoms with Gasteiger partial charge in [-0.3, -0.25) is 4.31 Å². The van der Waals surface area contributed by atoms with Crippen LogP contribution in [0.25, 0.3) is 0 Å². The Balaban J connectivity index is 1.38. The molecule has 0 atom stereocenters. The van der Waals surface area contributed by atoms with Crippen LogP contribution in [0.4, 0.5) is 14.9 Å². The summed E-state index contributed by atoms with van der Waals surface area (Å²) in [7, 11) is -3.42. The van der Waals surface area contributed by atoms with E-state index in [0.717, 1.165) is 17.1 Å². The van der Waals surface area contributed by atoms with Gasteiger partial charge < -0.3 is 15.0 Å². The molecule has 0 bridgehead atoms. The fraction of sp³-hybridized carbons (Fsp3) is 0.611. The Bertz CT molecular complexity index is 841. The first-order chi connectivity index (χ1) is 12.9. The van der Waals surface area contributed by atoms with Crippen molar-refractivity contribution in [1.29, 1.82) is 0 Å². The van der Waals surface area contributed by atoms with E-state index in [4.69, 9.17) is 4.74 Å². The number of nitrogens with zero attached hydrogens (tertiary/aromatic N) is 2. The number of nitrogens with one attached hydrogen (secondary N) is 1. The van der Waals surface area contributed by atoms with E-state index in [9.17, 15) is 17.6 Å². The lowest BCUT2D eigenvalue weighted by Gasteiger charge is -2.24. The molecule has 0 radical (unpaired) electrons. The van der Waals surface area contributed by atoms with Gasteiger partial charge in [-0.2, -0.15) is 0 Å². The van der Waals surface area contributed by atoms with Gasteiger partial charge in [-0.05, 0) is 37.0 Å². The molecule has 1 N–H and O–H groups in total. The van der Waals surface area contributed by atoms with Crippen LogP contribution in [0.3, 0.4) is 0 Å². The number of hydrogen-bond donors (Lipinski definition) is 1. The highest BCUT2D eigenvalue weighted by Gasteiger charge is 2.46. The Morgan fingerprint density at radius 1 is 1.30 bits per heavy atom. The minimum absolute atomic E-state index is 0.0469. The third-order valence-corrected chi connectivity index (χ3v) is 7.36. The van der Waals surface area contributed by atoms with Crippen LogP contribution < -0.4 is 9.62 Å². The first-order valence-corrected chi connectivity index (χ1v) is 10.9. The smallest absolute Gasteiger partial charge is 0.317 e. The van der Waals surface area contributed by atoms with Gasteiger partial charge in [0.2, 0.25) is 10.0 Å². The third-order valence-electron chi connectivity index (χ3n) is 5.51. The molecule has 1 aromatic rings. The molecule has 0 unspecified atom stereocenters. The van der Waals surface area contributed by atoms with Gasteiger partial charge in [-0.15, -0.1) is 0 Å². The van der Waals surface area contributed by atoms with Crippen LogP contribution in [-0.2, 0) is 21.3 Å². The average molecular weight is 397 g/mol. The Labute approximate surface area is 158 Å². The predicted octanol–water partition coefficient (Wildman–Crippen LogP) is 1.69. The number of carbonyl (C=O) groups excluding carboxylic acids is 1. The summed E-state index contributed by atoms with van der Waals surface area (Å²) in [5.41, 5.74) is 0.791. The summed E-state index contributed by atoms with van der Waals surface area (Å²) in [6, 6.07) is 4.23. The molecular weight excluding hydrogens is 373 g/mol. The molecule has 7 nitrogen and oxygen atoms in total.